The van der Waals surface area contributed by atoms with Gasteiger partial charge in [0, 0.05) is 18.2 Å². The zero-order valence-electron chi connectivity index (χ0n) is 16.0. The smallest absolute Gasteiger partial charge is 0.263 e. The van der Waals surface area contributed by atoms with Crippen LogP contribution in [0.2, 0.25) is 0 Å². The largest absolute Gasteiger partial charge is 0.387 e. The van der Waals surface area contributed by atoms with Crippen LogP contribution in [0.25, 0.3) is 11.0 Å². The molecule has 2 aromatic heterocycles. The number of hydrogen-bond acceptors (Lipinski definition) is 6. The molecule has 4 atom stereocenters. The van der Waals surface area contributed by atoms with Gasteiger partial charge in [0.2, 0.25) is 0 Å². The quantitative estimate of drug-likeness (QED) is 0.617. The third-order valence-electron chi connectivity index (χ3n) is 5.53. The number of halogens is 2. The Morgan fingerprint density at radius 1 is 1.34 bits per heavy atom. The molecule has 4 N–H and O–H groups in total. The number of rotatable bonds is 4. The molecule has 9 heteroatoms. The maximum atomic E-state index is 13.1. The summed E-state index contributed by atoms with van der Waals surface area (Å²) in [6, 6.07) is 7.26. The molecule has 3 aromatic rings. The summed E-state index contributed by atoms with van der Waals surface area (Å²) >= 11 is 0. The third-order valence-corrected chi connectivity index (χ3v) is 5.53. The molecular weight excluding hydrogens is 382 g/mol. The van der Waals surface area contributed by atoms with Crippen LogP contribution >= 0.6 is 0 Å². The van der Waals surface area contributed by atoms with E-state index in [0.717, 1.165) is 0 Å². The van der Waals surface area contributed by atoms with Crippen molar-refractivity contribution in [3.63, 3.8) is 0 Å². The highest BCUT2D eigenvalue weighted by atomic mass is 19.3. The minimum Gasteiger partial charge on any atom is -0.387 e. The topological polar surface area (TPSA) is 106 Å². The van der Waals surface area contributed by atoms with Crippen LogP contribution in [0.1, 0.15) is 44.0 Å². The summed E-state index contributed by atoms with van der Waals surface area (Å²) in [7, 11) is 0. The van der Waals surface area contributed by atoms with Crippen molar-refractivity contribution in [2.24, 2.45) is 0 Å². The molecule has 0 radical (unpaired) electrons. The van der Waals surface area contributed by atoms with Crippen molar-refractivity contribution in [1.82, 2.24) is 14.5 Å². The van der Waals surface area contributed by atoms with Crippen molar-refractivity contribution in [3.05, 3.63) is 54.0 Å². The van der Waals surface area contributed by atoms with E-state index in [1.165, 1.54) is 37.5 Å². The molecule has 0 unspecified atom stereocenters. The number of benzene rings is 1. The Balaban J connectivity index is 1.70. The van der Waals surface area contributed by atoms with Gasteiger partial charge in [-0.2, -0.15) is 0 Å². The second kappa shape index (κ2) is 6.72. The van der Waals surface area contributed by atoms with Crippen molar-refractivity contribution >= 4 is 16.9 Å². The van der Waals surface area contributed by atoms with Crippen LogP contribution in [0, 0.1) is 0 Å². The average Bonchev–Trinajstić information content (AvgIpc) is 3.23. The number of fused-ring (bicyclic) bond motifs is 1. The Bertz CT molecular complexity index is 1050. The van der Waals surface area contributed by atoms with Crippen LogP contribution in [-0.4, -0.2) is 36.5 Å². The molecule has 1 aromatic carbocycles. The zero-order valence-corrected chi connectivity index (χ0v) is 16.0. The van der Waals surface area contributed by atoms with E-state index in [9.17, 15) is 19.0 Å². The lowest BCUT2D eigenvalue weighted by Crippen LogP contribution is -2.49. The molecule has 3 heterocycles. The Morgan fingerprint density at radius 2 is 2.10 bits per heavy atom. The highest BCUT2D eigenvalue weighted by Gasteiger charge is 2.54. The average molecular weight is 404 g/mol. The number of nitrogens with zero attached hydrogens (tertiary/aromatic N) is 3. The van der Waals surface area contributed by atoms with Gasteiger partial charge in [0.25, 0.3) is 6.43 Å². The highest BCUT2D eigenvalue weighted by molar-refractivity contribution is 5.86. The Kier molecular flexibility index (Phi) is 4.56. The molecule has 0 bridgehead atoms. The van der Waals surface area contributed by atoms with Crippen LogP contribution in [0.4, 0.5) is 14.6 Å². The van der Waals surface area contributed by atoms with Crippen LogP contribution < -0.4 is 5.73 Å². The molecule has 7 nitrogen and oxygen atoms in total. The minimum absolute atomic E-state index is 0.163. The molecule has 1 saturated heterocycles. The van der Waals surface area contributed by atoms with E-state index < -0.39 is 30.0 Å². The fraction of sp³-hybridized carbons (Fsp3) is 0.400. The predicted octanol–water partition coefficient (Wildman–Crippen LogP) is 2.90. The van der Waals surface area contributed by atoms with Gasteiger partial charge >= 0.3 is 0 Å². The molecule has 1 fully saturated rings. The van der Waals surface area contributed by atoms with Crippen molar-refractivity contribution in [2.75, 3.05) is 5.73 Å². The van der Waals surface area contributed by atoms with Crippen LogP contribution in [0.5, 0.6) is 0 Å². The SMILES string of the molecule is C[C@]1(O)C[C@H](n2ccc3c(N)ncnc32)O[C@@H]1[C@](C)(O)c1cccc(C(F)F)c1. The van der Waals surface area contributed by atoms with Gasteiger partial charge in [-0.15, -0.1) is 0 Å². The highest BCUT2D eigenvalue weighted by Crippen LogP contribution is 2.46. The molecular formula is C20H22F2N4O3. The molecule has 1 aliphatic heterocycles. The van der Waals surface area contributed by atoms with Crippen molar-refractivity contribution in [3.8, 4) is 0 Å². The maximum absolute atomic E-state index is 13.1. The van der Waals surface area contributed by atoms with E-state index in [0.29, 0.717) is 16.9 Å². The molecule has 0 aliphatic carbocycles. The van der Waals surface area contributed by atoms with Crippen LogP contribution in [-0.2, 0) is 10.3 Å². The van der Waals surface area contributed by atoms with Crippen LogP contribution in [0.15, 0.2) is 42.9 Å². The Labute approximate surface area is 165 Å². The number of nitrogens with two attached hydrogens (primary N) is 1. The first-order valence-electron chi connectivity index (χ1n) is 9.17. The molecule has 0 saturated carbocycles. The zero-order chi connectivity index (χ0) is 21.0. The van der Waals surface area contributed by atoms with Crippen molar-refractivity contribution < 1.29 is 23.7 Å². The van der Waals surface area contributed by atoms with Gasteiger partial charge in [0.05, 0.1) is 11.0 Å². The fourth-order valence-corrected chi connectivity index (χ4v) is 4.08. The van der Waals surface area contributed by atoms with Gasteiger partial charge in [0.1, 0.15) is 35.7 Å². The lowest BCUT2D eigenvalue weighted by Gasteiger charge is -2.36. The van der Waals surface area contributed by atoms with Crippen molar-refractivity contribution in [2.45, 2.75) is 50.2 Å². The van der Waals surface area contributed by atoms with Crippen molar-refractivity contribution in [1.29, 1.82) is 0 Å². The number of aromatic nitrogens is 3. The second-order valence-electron chi connectivity index (χ2n) is 7.82. The monoisotopic (exact) mass is 404 g/mol. The van der Waals surface area contributed by atoms with Gasteiger partial charge in [-0.25, -0.2) is 18.7 Å². The molecule has 0 amide bonds. The van der Waals surface area contributed by atoms with Gasteiger partial charge < -0.3 is 25.3 Å². The summed E-state index contributed by atoms with van der Waals surface area (Å²) in [6.07, 6.45) is -1.14. The number of alkyl halides is 2. The maximum Gasteiger partial charge on any atom is 0.263 e. The lowest BCUT2D eigenvalue weighted by atomic mass is 9.80. The third kappa shape index (κ3) is 3.25. The van der Waals surface area contributed by atoms with Gasteiger partial charge in [-0.05, 0) is 31.5 Å². The minimum atomic E-state index is -2.67. The lowest BCUT2D eigenvalue weighted by molar-refractivity contribution is -0.159. The predicted molar refractivity (Wildman–Crippen MR) is 102 cm³/mol. The number of nitrogen functional groups attached to an aromatic ring is 1. The molecule has 4 rings (SSSR count). The first-order valence-corrected chi connectivity index (χ1v) is 9.17. The number of ether oxygens (including phenoxy) is 1. The van der Waals surface area contributed by atoms with E-state index in [1.54, 1.807) is 23.8 Å². The summed E-state index contributed by atoms with van der Waals surface area (Å²) < 4.78 is 34.0. The van der Waals surface area contributed by atoms with Crippen LogP contribution in [0.3, 0.4) is 0 Å². The standard InChI is InChI=1S/C20H22F2N4O3/c1-19(27)9-14(26-7-6-13-16(23)24-10-25-17(13)26)29-18(19)20(2,28)12-5-3-4-11(8-12)15(21)22/h3-8,10,14-15,18,27-28H,9H2,1-2H3,(H2,23,24,25)/t14-,18+,19+,20-/m1/s1. The second-order valence-corrected chi connectivity index (χ2v) is 7.82. The fourth-order valence-electron chi connectivity index (χ4n) is 4.08. The first-order chi connectivity index (χ1) is 13.6. The molecule has 29 heavy (non-hydrogen) atoms. The summed E-state index contributed by atoms with van der Waals surface area (Å²) in [5.41, 5.74) is 3.32. The molecule has 154 valence electrons. The molecule has 0 spiro atoms. The van der Waals surface area contributed by atoms with E-state index >= 15 is 0 Å². The Morgan fingerprint density at radius 3 is 2.83 bits per heavy atom. The summed E-state index contributed by atoms with van der Waals surface area (Å²) in [5.74, 6) is 0.325. The van der Waals surface area contributed by atoms with Gasteiger partial charge in [-0.1, -0.05) is 18.2 Å². The summed E-state index contributed by atoms with van der Waals surface area (Å²) in [5, 5.41) is 22.9. The van der Waals surface area contributed by atoms with E-state index in [2.05, 4.69) is 9.97 Å². The number of anilines is 1. The summed E-state index contributed by atoms with van der Waals surface area (Å²) in [6.45, 7) is 3.01. The normalized spacial score (nSPS) is 26.9. The summed E-state index contributed by atoms with van der Waals surface area (Å²) in [4.78, 5) is 8.19. The van der Waals surface area contributed by atoms with E-state index in [4.69, 9.17) is 10.5 Å². The van der Waals surface area contributed by atoms with E-state index in [1.807, 2.05) is 0 Å². The Hall–Kier alpha value is -2.62. The number of hydrogen-bond donors (Lipinski definition) is 3. The van der Waals surface area contributed by atoms with E-state index in [-0.39, 0.29) is 17.5 Å². The van der Waals surface area contributed by atoms with Gasteiger partial charge in [0.15, 0.2) is 0 Å². The van der Waals surface area contributed by atoms with Gasteiger partial charge in [-0.3, -0.25) is 0 Å². The molecule has 1 aliphatic rings. The number of aliphatic hydroxyl groups is 2. The first kappa shape index (κ1) is 19.7.